The van der Waals surface area contributed by atoms with Crippen LogP contribution < -0.4 is 9.62 Å². The molecule has 0 bridgehead atoms. The number of carbonyl (C=O) groups is 1. The van der Waals surface area contributed by atoms with Crippen molar-refractivity contribution in [3.63, 3.8) is 0 Å². The molecule has 6 rings (SSSR count). The van der Waals surface area contributed by atoms with E-state index in [0.717, 1.165) is 10.6 Å². The van der Waals surface area contributed by atoms with Crippen molar-refractivity contribution in [1.29, 1.82) is 0 Å². The Kier molecular flexibility index (Phi) is 7.56. The van der Waals surface area contributed by atoms with Gasteiger partial charge in [-0.1, -0.05) is 17.5 Å². The lowest BCUT2D eigenvalue weighted by molar-refractivity contribution is 0.0964. The molecule has 0 saturated carbocycles. The minimum absolute atomic E-state index is 0.217. The second kappa shape index (κ2) is 11.4. The summed E-state index contributed by atoms with van der Waals surface area (Å²) in [5.74, 6) is 5.85. The third kappa shape index (κ3) is 5.61. The number of halogens is 2. The fraction of sp³-hybridized carbons (Fsp3) is 0.121. The Bertz CT molecular complexity index is 2320. The highest BCUT2D eigenvalue weighted by Crippen LogP contribution is 2.42. The predicted octanol–water partition coefficient (Wildman–Crippen LogP) is 6.62. The first-order valence-electron chi connectivity index (χ1n) is 13.6. The summed E-state index contributed by atoms with van der Waals surface area (Å²) in [6.07, 6.45) is 2.61. The number of anilines is 1. The van der Waals surface area contributed by atoms with Gasteiger partial charge in [-0.05, 0) is 67.1 Å². The summed E-state index contributed by atoms with van der Waals surface area (Å²) >= 11 is 6.14. The Morgan fingerprint density at radius 3 is 2.49 bits per heavy atom. The van der Waals surface area contributed by atoms with Crippen LogP contribution in [0.1, 0.15) is 22.8 Å². The number of aromatic nitrogens is 3. The third-order valence-electron chi connectivity index (χ3n) is 7.29. The molecule has 0 radical (unpaired) electrons. The number of H-pyrrole nitrogens is 1. The fourth-order valence-corrected chi connectivity index (χ4v) is 5.77. The van der Waals surface area contributed by atoms with E-state index in [1.54, 1.807) is 25.1 Å². The van der Waals surface area contributed by atoms with Gasteiger partial charge in [-0.2, -0.15) is 0 Å². The second-order valence-electron chi connectivity index (χ2n) is 10.3. The molecule has 9 nitrogen and oxygen atoms in total. The molecule has 6 aromatic rings. The van der Waals surface area contributed by atoms with Crippen molar-refractivity contribution < 1.29 is 22.0 Å². The average Bonchev–Trinajstić information content (AvgIpc) is 3.60. The van der Waals surface area contributed by atoms with Crippen LogP contribution >= 0.6 is 11.6 Å². The van der Waals surface area contributed by atoms with Crippen molar-refractivity contribution in [2.24, 2.45) is 0 Å². The SMILES string of the molecule is CC#Cc1cc(-c2nc3ncc(Cl)cc3[nH]2)cc(-c2cc3c(C(=O)NC)c(-c4ccc(F)cc4)oc3cc2N(C)S(C)(=O)=O)c1. The van der Waals surface area contributed by atoms with Gasteiger partial charge in [0.1, 0.15) is 23.0 Å². The van der Waals surface area contributed by atoms with Crippen LogP contribution in [0.5, 0.6) is 0 Å². The lowest BCUT2D eigenvalue weighted by atomic mass is 9.95. The summed E-state index contributed by atoms with van der Waals surface area (Å²) in [5.41, 5.74) is 4.81. The number of nitrogens with one attached hydrogen (secondary N) is 2. The molecule has 0 saturated heterocycles. The van der Waals surface area contributed by atoms with E-state index in [2.05, 4.69) is 32.1 Å². The molecular formula is C33H25ClFN5O4S. The minimum Gasteiger partial charge on any atom is -0.455 e. The molecule has 0 aliphatic rings. The monoisotopic (exact) mass is 641 g/mol. The third-order valence-corrected chi connectivity index (χ3v) is 8.69. The van der Waals surface area contributed by atoms with Gasteiger partial charge < -0.3 is 14.7 Å². The standard InChI is InChI=1S/C33H25ClFN5O4S/c1-5-6-18-11-20(13-21(12-18)31-38-26-14-22(34)17-37-32(26)39-31)24-15-25-28(16-27(24)40(3)45(4,42)43)44-30(29(25)33(41)36-2)19-7-9-23(35)10-8-19/h7-17H,1-4H3,(H,36,41)(H,37,38,39). The Morgan fingerprint density at radius 1 is 1.07 bits per heavy atom. The average molecular weight is 642 g/mol. The van der Waals surface area contributed by atoms with E-state index >= 15 is 0 Å². The van der Waals surface area contributed by atoms with Crippen molar-refractivity contribution in [3.8, 4) is 45.7 Å². The highest BCUT2D eigenvalue weighted by molar-refractivity contribution is 7.92. The van der Waals surface area contributed by atoms with Gasteiger partial charge in [-0.25, -0.2) is 22.8 Å². The summed E-state index contributed by atoms with van der Waals surface area (Å²) in [6, 6.07) is 16.1. The smallest absolute Gasteiger partial charge is 0.255 e. The van der Waals surface area contributed by atoms with E-state index in [-0.39, 0.29) is 16.9 Å². The number of imidazole rings is 1. The maximum Gasteiger partial charge on any atom is 0.255 e. The number of rotatable bonds is 6. The van der Waals surface area contributed by atoms with E-state index in [1.165, 1.54) is 44.6 Å². The summed E-state index contributed by atoms with van der Waals surface area (Å²) < 4.78 is 46.8. The molecule has 226 valence electrons. The van der Waals surface area contributed by atoms with Gasteiger partial charge in [-0.3, -0.25) is 9.10 Å². The second-order valence-corrected chi connectivity index (χ2v) is 12.7. The molecule has 0 aliphatic carbocycles. The van der Waals surface area contributed by atoms with Crippen LogP contribution in [0, 0.1) is 17.7 Å². The van der Waals surface area contributed by atoms with Crippen LogP contribution in [0.3, 0.4) is 0 Å². The number of sulfonamides is 1. The largest absolute Gasteiger partial charge is 0.455 e. The summed E-state index contributed by atoms with van der Waals surface area (Å²) in [7, 11) is -0.801. The van der Waals surface area contributed by atoms with Gasteiger partial charge in [0.2, 0.25) is 10.0 Å². The molecule has 2 N–H and O–H groups in total. The summed E-state index contributed by atoms with van der Waals surface area (Å²) in [6.45, 7) is 1.71. The van der Waals surface area contributed by atoms with Crippen molar-refractivity contribution in [1.82, 2.24) is 20.3 Å². The Balaban J connectivity index is 1.66. The Hall–Kier alpha value is -5.18. The van der Waals surface area contributed by atoms with Crippen LogP contribution in [0.4, 0.5) is 10.1 Å². The van der Waals surface area contributed by atoms with Crippen LogP contribution in [-0.4, -0.2) is 49.6 Å². The predicted molar refractivity (Wildman–Crippen MR) is 174 cm³/mol. The highest BCUT2D eigenvalue weighted by Gasteiger charge is 2.26. The minimum atomic E-state index is -3.74. The zero-order valence-electron chi connectivity index (χ0n) is 24.5. The molecule has 0 unspecified atom stereocenters. The van der Waals surface area contributed by atoms with Crippen molar-refractivity contribution in [2.45, 2.75) is 6.92 Å². The highest BCUT2D eigenvalue weighted by atomic mass is 35.5. The first-order chi connectivity index (χ1) is 21.5. The van der Waals surface area contributed by atoms with Crippen molar-refractivity contribution in [3.05, 3.63) is 88.8 Å². The van der Waals surface area contributed by atoms with E-state index in [4.69, 9.17) is 16.0 Å². The Morgan fingerprint density at radius 2 is 1.80 bits per heavy atom. The van der Waals surface area contributed by atoms with Crippen LogP contribution in [0.2, 0.25) is 5.02 Å². The fourth-order valence-electron chi connectivity index (χ4n) is 5.11. The van der Waals surface area contributed by atoms with Gasteiger partial charge >= 0.3 is 0 Å². The summed E-state index contributed by atoms with van der Waals surface area (Å²) in [4.78, 5) is 25.4. The number of aromatic amines is 1. The zero-order chi connectivity index (χ0) is 32.0. The summed E-state index contributed by atoms with van der Waals surface area (Å²) in [5, 5.41) is 3.54. The number of pyridine rings is 1. The van der Waals surface area contributed by atoms with Crippen LogP contribution in [0.25, 0.3) is 56.0 Å². The number of carbonyl (C=O) groups excluding carboxylic acids is 1. The van der Waals surface area contributed by atoms with E-state index in [9.17, 15) is 17.6 Å². The molecule has 0 fully saturated rings. The van der Waals surface area contributed by atoms with Crippen LogP contribution in [-0.2, 0) is 10.0 Å². The number of amides is 1. The first-order valence-corrected chi connectivity index (χ1v) is 15.8. The van der Waals surface area contributed by atoms with Gasteiger partial charge in [0, 0.05) is 54.0 Å². The topological polar surface area (TPSA) is 121 Å². The lowest BCUT2D eigenvalue weighted by Crippen LogP contribution is -2.25. The van der Waals surface area contributed by atoms with Gasteiger partial charge in [-0.15, -0.1) is 5.92 Å². The van der Waals surface area contributed by atoms with Gasteiger partial charge in [0.15, 0.2) is 5.65 Å². The molecule has 3 heterocycles. The quantitative estimate of drug-likeness (QED) is 0.197. The molecule has 45 heavy (non-hydrogen) atoms. The molecule has 12 heteroatoms. The zero-order valence-corrected chi connectivity index (χ0v) is 26.1. The van der Waals surface area contributed by atoms with E-state index in [1.807, 2.05) is 18.2 Å². The molecule has 0 spiro atoms. The number of nitrogens with zero attached hydrogens (tertiary/aromatic N) is 3. The number of fused-ring (bicyclic) bond motifs is 2. The normalized spacial score (nSPS) is 11.4. The Labute approximate surface area is 263 Å². The van der Waals surface area contributed by atoms with Crippen LogP contribution in [0.15, 0.2) is 71.3 Å². The number of furan rings is 1. The van der Waals surface area contributed by atoms with E-state index in [0.29, 0.717) is 60.9 Å². The first kappa shape index (κ1) is 29.9. The lowest BCUT2D eigenvalue weighted by Gasteiger charge is -2.21. The number of hydrogen-bond donors (Lipinski definition) is 2. The van der Waals surface area contributed by atoms with Crippen molar-refractivity contribution in [2.75, 3.05) is 24.7 Å². The number of benzene rings is 3. The maximum atomic E-state index is 13.7. The molecule has 0 atom stereocenters. The molecule has 3 aromatic carbocycles. The van der Waals surface area contributed by atoms with Gasteiger partial charge in [0.25, 0.3) is 5.91 Å². The maximum absolute atomic E-state index is 13.7. The molecular weight excluding hydrogens is 617 g/mol. The van der Waals surface area contributed by atoms with Gasteiger partial charge in [0.05, 0.1) is 28.0 Å². The number of hydrogen-bond acceptors (Lipinski definition) is 6. The van der Waals surface area contributed by atoms with Crippen molar-refractivity contribution >= 4 is 55.4 Å². The molecule has 1 amide bonds. The molecule has 3 aromatic heterocycles. The van der Waals surface area contributed by atoms with E-state index < -0.39 is 21.7 Å². The molecule has 0 aliphatic heterocycles.